The predicted molar refractivity (Wildman–Crippen MR) is 97.2 cm³/mol. The van der Waals surface area contributed by atoms with E-state index in [1.165, 1.54) is 12.8 Å². The minimum Gasteiger partial charge on any atom is -0.455 e. The molecule has 138 valence electrons. The van der Waals surface area contributed by atoms with Crippen molar-refractivity contribution in [2.75, 3.05) is 29.9 Å². The number of nitrogens with zero attached hydrogens (tertiary/aromatic N) is 2. The third-order valence-electron chi connectivity index (χ3n) is 4.49. The van der Waals surface area contributed by atoms with Crippen LogP contribution >= 0.6 is 0 Å². The lowest BCUT2D eigenvalue weighted by Gasteiger charge is -2.17. The standard InChI is InChI=1S/C19H23N3O4/c1-13-17(14(2)26-21-13)11-19(24)25-12-18(23)20-15-5-7-16(8-6-15)22-9-3-4-10-22/h5-8H,3-4,9-12H2,1-2H3,(H,20,23). The molecule has 0 spiro atoms. The van der Waals surface area contributed by atoms with Gasteiger partial charge in [-0.3, -0.25) is 9.59 Å². The summed E-state index contributed by atoms with van der Waals surface area (Å²) < 4.78 is 10.0. The molecule has 0 atom stereocenters. The second-order valence-corrected chi connectivity index (χ2v) is 6.43. The maximum absolute atomic E-state index is 12.0. The van der Waals surface area contributed by atoms with Crippen molar-refractivity contribution in [2.24, 2.45) is 0 Å². The molecule has 1 N–H and O–H groups in total. The van der Waals surface area contributed by atoms with E-state index in [0.29, 0.717) is 22.7 Å². The van der Waals surface area contributed by atoms with Gasteiger partial charge in [-0.2, -0.15) is 0 Å². The lowest BCUT2D eigenvalue weighted by atomic mass is 10.1. The molecule has 26 heavy (non-hydrogen) atoms. The van der Waals surface area contributed by atoms with Gasteiger partial charge in [-0.25, -0.2) is 0 Å². The first kappa shape index (κ1) is 18.0. The van der Waals surface area contributed by atoms with E-state index in [2.05, 4.69) is 15.4 Å². The maximum Gasteiger partial charge on any atom is 0.310 e. The van der Waals surface area contributed by atoms with Gasteiger partial charge in [-0.15, -0.1) is 0 Å². The molecule has 1 amide bonds. The summed E-state index contributed by atoms with van der Waals surface area (Å²) >= 11 is 0. The van der Waals surface area contributed by atoms with Gasteiger partial charge in [-0.1, -0.05) is 5.16 Å². The average Bonchev–Trinajstić information content (AvgIpc) is 3.27. The molecule has 1 aromatic carbocycles. The van der Waals surface area contributed by atoms with Crippen LogP contribution in [0.3, 0.4) is 0 Å². The number of rotatable bonds is 6. The van der Waals surface area contributed by atoms with Crippen LogP contribution in [0.15, 0.2) is 28.8 Å². The molecular formula is C19H23N3O4. The van der Waals surface area contributed by atoms with Gasteiger partial charge in [0.05, 0.1) is 12.1 Å². The summed E-state index contributed by atoms with van der Waals surface area (Å²) in [4.78, 5) is 26.2. The Morgan fingerprint density at radius 2 is 1.88 bits per heavy atom. The Morgan fingerprint density at radius 3 is 2.50 bits per heavy atom. The van der Waals surface area contributed by atoms with Crippen molar-refractivity contribution in [3.63, 3.8) is 0 Å². The fraction of sp³-hybridized carbons (Fsp3) is 0.421. The highest BCUT2D eigenvalue weighted by Crippen LogP contribution is 2.22. The Balaban J connectivity index is 1.45. The van der Waals surface area contributed by atoms with E-state index in [-0.39, 0.29) is 18.9 Å². The number of nitrogens with one attached hydrogen (secondary N) is 1. The third kappa shape index (κ3) is 4.41. The first-order chi connectivity index (χ1) is 12.5. The van der Waals surface area contributed by atoms with Gasteiger partial charge >= 0.3 is 5.97 Å². The van der Waals surface area contributed by atoms with Crippen molar-refractivity contribution in [3.8, 4) is 0 Å². The van der Waals surface area contributed by atoms with Crippen LogP contribution in [0.2, 0.25) is 0 Å². The minimum absolute atomic E-state index is 0.0407. The fourth-order valence-corrected chi connectivity index (χ4v) is 3.02. The number of hydrogen-bond acceptors (Lipinski definition) is 6. The van der Waals surface area contributed by atoms with Gasteiger partial charge in [-0.05, 0) is 51.0 Å². The molecule has 1 aliphatic heterocycles. The summed E-state index contributed by atoms with van der Waals surface area (Å²) in [6.07, 6.45) is 2.48. The number of aromatic nitrogens is 1. The Bertz CT molecular complexity index is 757. The third-order valence-corrected chi connectivity index (χ3v) is 4.49. The molecule has 1 aliphatic rings. The summed E-state index contributed by atoms with van der Waals surface area (Å²) in [6, 6.07) is 7.70. The lowest BCUT2D eigenvalue weighted by Crippen LogP contribution is -2.22. The monoisotopic (exact) mass is 357 g/mol. The highest BCUT2D eigenvalue weighted by atomic mass is 16.5. The van der Waals surface area contributed by atoms with Crippen molar-refractivity contribution < 1.29 is 18.8 Å². The van der Waals surface area contributed by atoms with E-state index in [4.69, 9.17) is 9.26 Å². The topological polar surface area (TPSA) is 84.7 Å². The summed E-state index contributed by atoms with van der Waals surface area (Å²) in [5, 5.41) is 6.52. The van der Waals surface area contributed by atoms with Crippen LogP contribution in [0.4, 0.5) is 11.4 Å². The van der Waals surface area contributed by atoms with Crippen LogP contribution in [0.5, 0.6) is 0 Å². The molecule has 2 aromatic rings. The second-order valence-electron chi connectivity index (χ2n) is 6.43. The molecule has 2 heterocycles. The molecule has 0 bridgehead atoms. The molecule has 7 nitrogen and oxygen atoms in total. The number of hydrogen-bond donors (Lipinski definition) is 1. The molecular weight excluding hydrogens is 334 g/mol. The quantitative estimate of drug-likeness (QED) is 0.800. The minimum atomic E-state index is -0.487. The van der Waals surface area contributed by atoms with Crippen molar-refractivity contribution >= 4 is 23.3 Å². The van der Waals surface area contributed by atoms with Crippen LogP contribution in [-0.4, -0.2) is 36.7 Å². The van der Waals surface area contributed by atoms with Crippen LogP contribution < -0.4 is 10.2 Å². The first-order valence-electron chi connectivity index (χ1n) is 8.75. The fourth-order valence-electron chi connectivity index (χ4n) is 3.02. The van der Waals surface area contributed by atoms with Crippen LogP contribution in [0.25, 0.3) is 0 Å². The molecule has 0 saturated carbocycles. The number of carbonyl (C=O) groups excluding carboxylic acids is 2. The van der Waals surface area contributed by atoms with E-state index in [0.717, 1.165) is 18.8 Å². The predicted octanol–water partition coefficient (Wildman–Crippen LogP) is 2.62. The Hall–Kier alpha value is -2.83. The zero-order chi connectivity index (χ0) is 18.5. The average molecular weight is 357 g/mol. The van der Waals surface area contributed by atoms with Crippen molar-refractivity contribution in [2.45, 2.75) is 33.1 Å². The zero-order valence-corrected chi connectivity index (χ0v) is 15.1. The van der Waals surface area contributed by atoms with E-state index >= 15 is 0 Å². The van der Waals surface area contributed by atoms with E-state index < -0.39 is 5.97 Å². The Kier molecular flexibility index (Phi) is 5.55. The van der Waals surface area contributed by atoms with Crippen molar-refractivity contribution in [1.29, 1.82) is 0 Å². The molecule has 1 fully saturated rings. The summed E-state index contributed by atoms with van der Waals surface area (Å²) in [7, 11) is 0. The number of ether oxygens (including phenoxy) is 1. The molecule has 0 aliphatic carbocycles. The molecule has 0 radical (unpaired) electrons. The van der Waals surface area contributed by atoms with Crippen molar-refractivity contribution in [3.05, 3.63) is 41.3 Å². The number of aryl methyl sites for hydroxylation is 2. The summed E-state index contributed by atoms with van der Waals surface area (Å²) in [5.74, 6) is -0.271. The second kappa shape index (κ2) is 8.03. The molecule has 1 aromatic heterocycles. The highest BCUT2D eigenvalue weighted by molar-refractivity contribution is 5.93. The molecule has 0 unspecified atom stereocenters. The number of carbonyl (C=O) groups is 2. The number of anilines is 2. The van der Waals surface area contributed by atoms with E-state index in [9.17, 15) is 9.59 Å². The van der Waals surface area contributed by atoms with Crippen LogP contribution in [0.1, 0.15) is 29.9 Å². The maximum atomic E-state index is 12.0. The Morgan fingerprint density at radius 1 is 1.19 bits per heavy atom. The summed E-state index contributed by atoms with van der Waals surface area (Å²) in [5.41, 5.74) is 3.20. The Labute approximate surface area is 152 Å². The highest BCUT2D eigenvalue weighted by Gasteiger charge is 2.16. The SMILES string of the molecule is Cc1noc(C)c1CC(=O)OCC(=O)Nc1ccc(N2CCCC2)cc1. The first-order valence-corrected chi connectivity index (χ1v) is 8.75. The zero-order valence-electron chi connectivity index (χ0n) is 15.1. The lowest BCUT2D eigenvalue weighted by molar-refractivity contribution is -0.146. The van der Waals surface area contributed by atoms with Crippen LogP contribution in [-0.2, 0) is 20.7 Å². The largest absolute Gasteiger partial charge is 0.455 e. The normalized spacial score (nSPS) is 13.7. The number of esters is 1. The van der Waals surface area contributed by atoms with Gasteiger partial charge in [0.15, 0.2) is 6.61 Å². The summed E-state index contributed by atoms with van der Waals surface area (Å²) in [6.45, 7) is 5.33. The molecule has 7 heteroatoms. The van der Waals surface area contributed by atoms with Gasteiger partial charge in [0, 0.05) is 30.0 Å². The number of benzene rings is 1. The van der Waals surface area contributed by atoms with Gasteiger partial charge in [0.1, 0.15) is 5.76 Å². The molecule has 1 saturated heterocycles. The van der Waals surface area contributed by atoms with Crippen molar-refractivity contribution in [1.82, 2.24) is 5.16 Å². The van der Waals surface area contributed by atoms with Gasteiger partial charge < -0.3 is 19.5 Å². The van der Waals surface area contributed by atoms with Gasteiger partial charge in [0.25, 0.3) is 5.91 Å². The van der Waals surface area contributed by atoms with E-state index in [1.54, 1.807) is 13.8 Å². The van der Waals surface area contributed by atoms with Crippen LogP contribution in [0, 0.1) is 13.8 Å². The molecule has 3 rings (SSSR count). The van der Waals surface area contributed by atoms with E-state index in [1.807, 2.05) is 24.3 Å². The number of amides is 1. The smallest absolute Gasteiger partial charge is 0.310 e. The van der Waals surface area contributed by atoms with Gasteiger partial charge in [0.2, 0.25) is 0 Å².